The van der Waals surface area contributed by atoms with E-state index in [1.165, 1.54) is 12.3 Å². The van der Waals surface area contributed by atoms with Crippen LogP contribution in [0.2, 0.25) is 0 Å². The topological polar surface area (TPSA) is 74.8 Å². The van der Waals surface area contributed by atoms with Crippen molar-refractivity contribution < 1.29 is 9.13 Å². The average Bonchev–Trinajstić information content (AvgIpc) is 3.31. The third-order valence-electron chi connectivity index (χ3n) is 5.88. The molecule has 3 heterocycles. The zero-order chi connectivity index (χ0) is 20.1. The first-order valence-electron chi connectivity index (χ1n) is 9.59. The molecule has 8 heteroatoms. The summed E-state index contributed by atoms with van der Waals surface area (Å²) in [5, 5.41) is 9.46. The predicted octanol–water partition coefficient (Wildman–Crippen LogP) is 3.22. The molecule has 1 aliphatic rings. The third kappa shape index (κ3) is 2.82. The third-order valence-corrected chi connectivity index (χ3v) is 5.88. The van der Waals surface area contributed by atoms with E-state index in [2.05, 4.69) is 15.2 Å². The minimum Gasteiger partial charge on any atom is -0.381 e. The van der Waals surface area contributed by atoms with Crippen LogP contribution in [0.25, 0.3) is 33.2 Å². The van der Waals surface area contributed by atoms with Crippen LogP contribution in [0.4, 0.5) is 4.39 Å². The molecule has 1 fully saturated rings. The first-order chi connectivity index (χ1) is 14.1. The lowest BCUT2D eigenvalue weighted by Crippen LogP contribution is -2.25. The number of hydrogen-bond acceptors (Lipinski definition) is 5. The van der Waals surface area contributed by atoms with Crippen LogP contribution in [0.5, 0.6) is 0 Å². The molecule has 1 saturated carbocycles. The number of hydrogen-bond donors (Lipinski definition) is 0. The Hall–Kier alpha value is -3.13. The Bertz CT molecular complexity index is 1280. The Morgan fingerprint density at radius 1 is 1.14 bits per heavy atom. The summed E-state index contributed by atoms with van der Waals surface area (Å²) >= 11 is 0. The molecule has 0 radical (unpaired) electrons. The van der Waals surface area contributed by atoms with Gasteiger partial charge in [0.05, 0.1) is 11.6 Å². The molecule has 7 nitrogen and oxygen atoms in total. The van der Waals surface area contributed by atoms with E-state index in [-0.39, 0.29) is 17.8 Å². The number of aryl methyl sites for hydroxylation is 1. The molecule has 0 aliphatic heterocycles. The van der Waals surface area contributed by atoms with Gasteiger partial charge >= 0.3 is 5.69 Å². The first-order valence-corrected chi connectivity index (χ1v) is 9.59. The number of methoxy groups -OCH3 is 1. The maximum absolute atomic E-state index is 13.2. The van der Waals surface area contributed by atoms with Gasteiger partial charge in [-0.2, -0.15) is 4.39 Å². The fourth-order valence-electron chi connectivity index (χ4n) is 4.32. The van der Waals surface area contributed by atoms with Crippen LogP contribution in [0, 0.1) is 5.95 Å². The molecule has 3 aromatic heterocycles. The van der Waals surface area contributed by atoms with Crippen LogP contribution >= 0.6 is 0 Å². The van der Waals surface area contributed by atoms with Crippen LogP contribution in [-0.2, 0) is 11.8 Å². The molecule has 2 atom stereocenters. The minimum atomic E-state index is -0.520. The highest BCUT2D eigenvalue weighted by molar-refractivity contribution is 6.02. The lowest BCUT2D eigenvalue weighted by atomic mass is 10.0. The average molecular weight is 393 g/mol. The molecule has 148 valence electrons. The Morgan fingerprint density at radius 2 is 1.97 bits per heavy atom. The number of halogens is 1. The van der Waals surface area contributed by atoms with Crippen molar-refractivity contribution in [1.82, 2.24) is 24.3 Å². The molecule has 0 saturated heterocycles. The van der Waals surface area contributed by atoms with Gasteiger partial charge in [-0.1, -0.05) is 6.07 Å². The lowest BCUT2D eigenvalue weighted by molar-refractivity contribution is 0.106. The summed E-state index contributed by atoms with van der Waals surface area (Å²) in [6.45, 7) is 0. The molecule has 0 amide bonds. The van der Waals surface area contributed by atoms with E-state index in [1.807, 2.05) is 22.8 Å². The first kappa shape index (κ1) is 17.9. The SMILES string of the molecule is CO[C@@H]1CC[C@@H](n2c(=O)n(C)c3nnc4ccc(-c5ccc(F)nc5)cc4c32)C1. The largest absolute Gasteiger partial charge is 0.381 e. The van der Waals surface area contributed by atoms with Crippen LogP contribution in [0.3, 0.4) is 0 Å². The molecule has 0 N–H and O–H groups in total. The Labute approximate surface area is 165 Å². The number of aromatic nitrogens is 5. The zero-order valence-electron chi connectivity index (χ0n) is 16.2. The second-order valence-electron chi connectivity index (χ2n) is 7.51. The minimum absolute atomic E-state index is 0.0553. The van der Waals surface area contributed by atoms with Crippen molar-refractivity contribution in [3.63, 3.8) is 0 Å². The van der Waals surface area contributed by atoms with E-state index in [1.54, 1.807) is 24.8 Å². The van der Waals surface area contributed by atoms with E-state index in [0.717, 1.165) is 41.3 Å². The summed E-state index contributed by atoms with van der Waals surface area (Å²) in [4.78, 5) is 16.8. The van der Waals surface area contributed by atoms with E-state index >= 15 is 0 Å². The van der Waals surface area contributed by atoms with Gasteiger partial charge < -0.3 is 4.74 Å². The maximum Gasteiger partial charge on any atom is 0.330 e. The molecule has 0 spiro atoms. The van der Waals surface area contributed by atoms with Gasteiger partial charge in [0.2, 0.25) is 5.95 Å². The van der Waals surface area contributed by atoms with Gasteiger partial charge in [-0.3, -0.25) is 9.13 Å². The smallest absolute Gasteiger partial charge is 0.330 e. The van der Waals surface area contributed by atoms with Crippen molar-refractivity contribution >= 4 is 22.1 Å². The monoisotopic (exact) mass is 393 g/mol. The molecular formula is C21H20FN5O2. The van der Waals surface area contributed by atoms with E-state index in [9.17, 15) is 9.18 Å². The Morgan fingerprint density at radius 3 is 2.69 bits per heavy atom. The zero-order valence-corrected chi connectivity index (χ0v) is 16.2. The van der Waals surface area contributed by atoms with Crippen LogP contribution in [0.1, 0.15) is 25.3 Å². The Kier molecular flexibility index (Phi) is 4.16. The van der Waals surface area contributed by atoms with Gasteiger partial charge in [-0.25, -0.2) is 9.78 Å². The van der Waals surface area contributed by atoms with Crippen molar-refractivity contribution in [2.75, 3.05) is 7.11 Å². The van der Waals surface area contributed by atoms with Gasteiger partial charge in [0.1, 0.15) is 5.52 Å². The molecule has 1 aromatic carbocycles. The van der Waals surface area contributed by atoms with Gasteiger partial charge in [0, 0.05) is 37.3 Å². The summed E-state index contributed by atoms with van der Waals surface area (Å²) in [5.41, 5.74) is 3.61. The number of pyridine rings is 1. The fourth-order valence-corrected chi connectivity index (χ4v) is 4.32. The summed E-state index contributed by atoms with van der Waals surface area (Å²) in [6.07, 6.45) is 4.25. The second-order valence-corrected chi connectivity index (χ2v) is 7.51. The van der Waals surface area contributed by atoms with Crippen molar-refractivity contribution in [3.05, 3.63) is 53.0 Å². The molecular weight excluding hydrogens is 373 g/mol. The molecule has 5 rings (SSSR count). The number of benzene rings is 1. The quantitative estimate of drug-likeness (QED) is 0.500. The molecule has 1 aliphatic carbocycles. The summed E-state index contributed by atoms with van der Waals surface area (Å²) in [6, 6.07) is 8.82. The summed E-state index contributed by atoms with van der Waals surface area (Å²) in [7, 11) is 3.43. The van der Waals surface area contributed by atoms with Gasteiger partial charge in [-0.05, 0) is 49.1 Å². The Balaban J connectivity index is 1.76. The highest BCUT2D eigenvalue weighted by atomic mass is 19.1. The normalized spacial score (nSPS) is 19.4. The van der Waals surface area contributed by atoms with Crippen LogP contribution in [0.15, 0.2) is 41.3 Å². The van der Waals surface area contributed by atoms with Gasteiger partial charge in [-0.15, -0.1) is 10.2 Å². The predicted molar refractivity (Wildman–Crippen MR) is 107 cm³/mol. The maximum atomic E-state index is 13.2. The molecule has 29 heavy (non-hydrogen) atoms. The molecule has 0 bridgehead atoms. The van der Waals surface area contributed by atoms with Crippen molar-refractivity contribution in [1.29, 1.82) is 0 Å². The lowest BCUT2D eigenvalue weighted by Gasteiger charge is -2.13. The number of imidazole rings is 1. The van der Waals surface area contributed by atoms with Crippen molar-refractivity contribution in [3.8, 4) is 11.1 Å². The summed E-state index contributed by atoms with van der Waals surface area (Å²) < 4.78 is 22.1. The summed E-state index contributed by atoms with van der Waals surface area (Å²) in [5.74, 6) is -0.520. The highest BCUT2D eigenvalue weighted by Crippen LogP contribution is 2.35. The molecule has 0 unspecified atom stereocenters. The number of nitrogens with zero attached hydrogens (tertiary/aromatic N) is 5. The van der Waals surface area contributed by atoms with Crippen molar-refractivity contribution in [2.45, 2.75) is 31.4 Å². The number of fused-ring (bicyclic) bond motifs is 3. The van der Waals surface area contributed by atoms with Crippen LogP contribution < -0.4 is 5.69 Å². The van der Waals surface area contributed by atoms with Gasteiger partial charge in [0.15, 0.2) is 5.65 Å². The standard InChI is InChI=1S/C21H20FN5O2/c1-26-20-19(27(21(26)28)14-5-6-15(10-14)29-2)16-9-12(3-7-17(16)24-25-20)13-4-8-18(22)23-11-13/h3-4,7-9,11,14-15H,5-6,10H2,1-2H3/t14-,15-/m1/s1. The van der Waals surface area contributed by atoms with Crippen LogP contribution in [-0.4, -0.2) is 37.5 Å². The fraction of sp³-hybridized carbons (Fsp3) is 0.333. The van der Waals surface area contributed by atoms with E-state index in [0.29, 0.717) is 11.2 Å². The second kappa shape index (κ2) is 6.73. The number of rotatable bonds is 3. The van der Waals surface area contributed by atoms with E-state index in [4.69, 9.17) is 4.74 Å². The van der Waals surface area contributed by atoms with Crippen molar-refractivity contribution in [2.24, 2.45) is 7.05 Å². The van der Waals surface area contributed by atoms with E-state index < -0.39 is 5.95 Å². The number of ether oxygens (including phenoxy) is 1. The molecule has 4 aromatic rings. The van der Waals surface area contributed by atoms with Gasteiger partial charge in [0.25, 0.3) is 0 Å². The highest BCUT2D eigenvalue weighted by Gasteiger charge is 2.30.